The molecule has 0 unspecified atom stereocenters. The maximum Gasteiger partial charge on any atom is 0.270 e. The summed E-state index contributed by atoms with van der Waals surface area (Å²) in [4.78, 5) is 23.2. The summed E-state index contributed by atoms with van der Waals surface area (Å²) < 4.78 is 1.68. The van der Waals surface area contributed by atoms with Crippen LogP contribution in [0.1, 0.15) is 21.6 Å². The topological polar surface area (TPSA) is 90.1 Å². The lowest BCUT2D eigenvalue weighted by molar-refractivity contribution is -0.384. The maximum atomic E-state index is 12.7. The Hall–Kier alpha value is -2.84. The second-order valence-corrected chi connectivity index (χ2v) is 7.34. The molecule has 0 aliphatic carbocycles. The fraction of sp³-hybridized carbons (Fsp3) is 0.111. The van der Waals surface area contributed by atoms with Crippen molar-refractivity contribution in [3.63, 3.8) is 0 Å². The number of thioether (sulfide) groups is 1. The smallest absolute Gasteiger partial charge is 0.270 e. The molecule has 0 spiro atoms. The van der Waals surface area contributed by atoms with Crippen LogP contribution in [0.3, 0.4) is 0 Å². The van der Waals surface area contributed by atoms with Gasteiger partial charge >= 0.3 is 0 Å². The Morgan fingerprint density at radius 2 is 2.00 bits per heavy atom. The van der Waals surface area contributed by atoms with E-state index in [0.717, 1.165) is 28.5 Å². The number of aromatic nitrogens is 2. The molecule has 2 heterocycles. The van der Waals surface area contributed by atoms with Crippen LogP contribution in [-0.2, 0) is 11.5 Å². The van der Waals surface area contributed by atoms with Gasteiger partial charge in [-0.15, -0.1) is 0 Å². The lowest BCUT2D eigenvalue weighted by Gasteiger charge is -2.11. The first-order valence-electron chi connectivity index (χ1n) is 8.03. The number of nitro groups is 1. The van der Waals surface area contributed by atoms with E-state index in [1.807, 2.05) is 12.1 Å². The number of nitrogens with one attached hydrogen (secondary N) is 1. The number of nitrogens with zero attached hydrogens (tertiary/aromatic N) is 3. The van der Waals surface area contributed by atoms with E-state index in [1.54, 1.807) is 34.6 Å². The molecule has 0 atom stereocenters. The summed E-state index contributed by atoms with van der Waals surface area (Å²) in [6.45, 7) is 0. The van der Waals surface area contributed by atoms with Crippen molar-refractivity contribution in [1.29, 1.82) is 0 Å². The van der Waals surface area contributed by atoms with Crippen LogP contribution in [0.25, 0.3) is 5.69 Å². The van der Waals surface area contributed by atoms with Gasteiger partial charge in [-0.2, -0.15) is 16.9 Å². The highest BCUT2D eigenvalue weighted by Gasteiger charge is 2.25. The molecule has 0 saturated carbocycles. The fourth-order valence-corrected chi connectivity index (χ4v) is 4.01. The van der Waals surface area contributed by atoms with Crippen LogP contribution in [-0.4, -0.2) is 20.6 Å². The summed E-state index contributed by atoms with van der Waals surface area (Å²) in [5.74, 6) is 1.67. The molecule has 1 aromatic heterocycles. The van der Waals surface area contributed by atoms with Gasteiger partial charge < -0.3 is 5.32 Å². The first kappa shape index (κ1) is 17.6. The van der Waals surface area contributed by atoms with E-state index >= 15 is 0 Å². The number of halogens is 1. The van der Waals surface area contributed by atoms with Crippen LogP contribution in [0, 0.1) is 10.1 Å². The summed E-state index contributed by atoms with van der Waals surface area (Å²) in [5, 5.41) is 19.1. The number of carbonyl (C=O) groups excluding carboxylic acids is 1. The number of anilines is 1. The SMILES string of the molecule is O=C(Nc1c2c(nn1-c1ccc(Cl)cc1)CSC2)c1cccc([N+](=O)[O-])c1. The number of hydrogen-bond acceptors (Lipinski definition) is 5. The minimum Gasteiger partial charge on any atom is -0.306 e. The molecule has 3 aromatic rings. The lowest BCUT2D eigenvalue weighted by atomic mass is 10.2. The van der Waals surface area contributed by atoms with Crippen molar-refractivity contribution in [3.05, 3.63) is 80.5 Å². The van der Waals surface area contributed by atoms with Crippen LogP contribution in [0.15, 0.2) is 48.5 Å². The number of non-ortho nitro benzene ring substituents is 1. The monoisotopic (exact) mass is 400 g/mol. The zero-order valence-corrected chi connectivity index (χ0v) is 15.5. The first-order chi connectivity index (χ1) is 13.0. The molecule has 1 aliphatic heterocycles. The Morgan fingerprint density at radius 1 is 1.22 bits per heavy atom. The van der Waals surface area contributed by atoms with E-state index in [4.69, 9.17) is 11.6 Å². The Balaban J connectivity index is 1.71. The highest BCUT2D eigenvalue weighted by molar-refractivity contribution is 7.98. The van der Waals surface area contributed by atoms with Gasteiger partial charge in [0.05, 0.1) is 16.3 Å². The highest BCUT2D eigenvalue weighted by Crippen LogP contribution is 2.36. The molecular weight excluding hydrogens is 388 g/mol. The van der Waals surface area contributed by atoms with E-state index in [2.05, 4.69) is 10.4 Å². The van der Waals surface area contributed by atoms with E-state index in [1.165, 1.54) is 18.2 Å². The molecule has 0 bridgehead atoms. The molecule has 1 N–H and O–H groups in total. The third kappa shape index (κ3) is 3.41. The standard InChI is InChI=1S/C18H13ClN4O3S/c19-12-4-6-13(7-5-12)22-17(15-9-27-10-16(15)21-22)20-18(24)11-2-1-3-14(8-11)23(25)26/h1-8H,9-10H2,(H,20,24). The second kappa shape index (κ2) is 7.05. The molecule has 136 valence electrons. The van der Waals surface area contributed by atoms with Crippen molar-refractivity contribution in [1.82, 2.24) is 9.78 Å². The molecule has 0 radical (unpaired) electrons. The zero-order chi connectivity index (χ0) is 19.0. The highest BCUT2D eigenvalue weighted by atomic mass is 35.5. The third-order valence-corrected chi connectivity index (χ3v) is 5.40. The normalized spacial score (nSPS) is 12.6. The van der Waals surface area contributed by atoms with Gasteiger partial charge in [0.2, 0.25) is 0 Å². The maximum absolute atomic E-state index is 12.7. The van der Waals surface area contributed by atoms with Crippen LogP contribution in [0.5, 0.6) is 0 Å². The third-order valence-electron chi connectivity index (χ3n) is 4.17. The van der Waals surface area contributed by atoms with Gasteiger partial charge in [0.1, 0.15) is 5.82 Å². The van der Waals surface area contributed by atoms with Crippen molar-refractivity contribution >= 4 is 40.8 Å². The molecule has 7 nitrogen and oxygen atoms in total. The van der Waals surface area contributed by atoms with Crippen LogP contribution in [0.4, 0.5) is 11.5 Å². The minimum atomic E-state index is -0.525. The zero-order valence-electron chi connectivity index (χ0n) is 13.9. The average molecular weight is 401 g/mol. The number of carbonyl (C=O) groups is 1. The first-order valence-corrected chi connectivity index (χ1v) is 9.56. The van der Waals surface area contributed by atoms with Crippen molar-refractivity contribution in [2.75, 3.05) is 5.32 Å². The van der Waals surface area contributed by atoms with E-state index in [-0.39, 0.29) is 11.3 Å². The van der Waals surface area contributed by atoms with E-state index in [9.17, 15) is 14.9 Å². The number of nitro benzene ring substituents is 1. The molecule has 1 aliphatic rings. The number of fused-ring (bicyclic) bond motifs is 1. The molecular formula is C18H13ClN4O3S. The largest absolute Gasteiger partial charge is 0.306 e. The Morgan fingerprint density at radius 3 is 2.74 bits per heavy atom. The summed E-state index contributed by atoms with van der Waals surface area (Å²) >= 11 is 7.68. The van der Waals surface area contributed by atoms with E-state index in [0.29, 0.717) is 10.8 Å². The fourth-order valence-electron chi connectivity index (χ4n) is 2.85. The predicted octanol–water partition coefficient (Wildman–Crippen LogP) is 4.43. The van der Waals surface area contributed by atoms with Gasteiger partial charge in [-0.05, 0) is 30.3 Å². The minimum absolute atomic E-state index is 0.130. The molecule has 9 heteroatoms. The van der Waals surface area contributed by atoms with E-state index < -0.39 is 10.8 Å². The quantitative estimate of drug-likeness (QED) is 0.516. The Kier molecular flexibility index (Phi) is 4.59. The number of amides is 1. The van der Waals surface area contributed by atoms with Gasteiger partial charge in [0.25, 0.3) is 11.6 Å². The Bertz CT molecular complexity index is 1050. The van der Waals surface area contributed by atoms with Crippen molar-refractivity contribution in [2.24, 2.45) is 0 Å². The molecule has 1 amide bonds. The summed E-state index contributed by atoms with van der Waals surface area (Å²) in [5.41, 5.74) is 2.74. The van der Waals surface area contributed by atoms with Crippen LogP contribution < -0.4 is 5.32 Å². The van der Waals surface area contributed by atoms with Gasteiger partial charge in [-0.3, -0.25) is 14.9 Å². The second-order valence-electron chi connectivity index (χ2n) is 5.92. The number of benzene rings is 2. The molecule has 0 saturated heterocycles. The molecule has 27 heavy (non-hydrogen) atoms. The van der Waals surface area contributed by atoms with Crippen molar-refractivity contribution in [3.8, 4) is 5.69 Å². The summed E-state index contributed by atoms with van der Waals surface area (Å²) in [6.07, 6.45) is 0. The number of rotatable bonds is 4. The lowest BCUT2D eigenvalue weighted by Crippen LogP contribution is -2.16. The van der Waals surface area contributed by atoms with Crippen molar-refractivity contribution in [2.45, 2.75) is 11.5 Å². The molecule has 4 rings (SSSR count). The van der Waals surface area contributed by atoms with Gasteiger partial charge in [0, 0.05) is 39.8 Å². The van der Waals surface area contributed by atoms with Crippen molar-refractivity contribution < 1.29 is 9.72 Å². The molecule has 2 aromatic carbocycles. The summed E-state index contributed by atoms with van der Waals surface area (Å²) in [7, 11) is 0. The van der Waals surface area contributed by atoms with Crippen LogP contribution >= 0.6 is 23.4 Å². The average Bonchev–Trinajstić information content (AvgIpc) is 3.25. The van der Waals surface area contributed by atoms with Gasteiger partial charge in [-0.25, -0.2) is 4.68 Å². The molecule has 0 fully saturated rings. The predicted molar refractivity (Wildman–Crippen MR) is 105 cm³/mol. The van der Waals surface area contributed by atoms with Crippen LogP contribution in [0.2, 0.25) is 5.02 Å². The number of hydrogen-bond donors (Lipinski definition) is 1. The Labute approximate surface area is 163 Å². The van der Waals surface area contributed by atoms with Gasteiger partial charge in [0.15, 0.2) is 0 Å². The summed E-state index contributed by atoms with van der Waals surface area (Å²) in [6, 6.07) is 12.8. The van der Waals surface area contributed by atoms with Gasteiger partial charge in [-0.1, -0.05) is 17.7 Å².